The first-order valence-corrected chi connectivity index (χ1v) is 7.22. The third kappa shape index (κ3) is 2.38. The minimum atomic E-state index is 0.676. The average molecular weight is 280 g/mol. The van der Waals surface area contributed by atoms with E-state index in [0.29, 0.717) is 11.7 Å². The van der Waals surface area contributed by atoms with Crippen LogP contribution in [0.2, 0.25) is 0 Å². The van der Waals surface area contributed by atoms with Gasteiger partial charge in [0.15, 0.2) is 0 Å². The van der Waals surface area contributed by atoms with E-state index >= 15 is 0 Å². The van der Waals surface area contributed by atoms with Gasteiger partial charge in [0, 0.05) is 12.4 Å². The Morgan fingerprint density at radius 1 is 1.24 bits per heavy atom. The summed E-state index contributed by atoms with van der Waals surface area (Å²) in [4.78, 5) is 8.49. The molecule has 0 amide bonds. The predicted molar refractivity (Wildman–Crippen MR) is 78.7 cm³/mol. The molecule has 1 aliphatic rings. The summed E-state index contributed by atoms with van der Waals surface area (Å²) in [7, 11) is 0. The topological polar surface area (TPSA) is 68.0 Å². The lowest BCUT2D eigenvalue weighted by atomic mass is 10.0. The number of aromatic nitrogens is 5. The quantitative estimate of drug-likeness (QED) is 0.784. The van der Waals surface area contributed by atoms with Crippen molar-refractivity contribution < 1.29 is 0 Å². The van der Waals surface area contributed by atoms with E-state index < -0.39 is 0 Å². The summed E-state index contributed by atoms with van der Waals surface area (Å²) in [6.07, 6.45) is 7.67. The molecule has 21 heavy (non-hydrogen) atoms. The molecule has 1 aliphatic heterocycles. The highest BCUT2D eigenvalue weighted by atomic mass is 15.1. The van der Waals surface area contributed by atoms with Gasteiger partial charge in [0.05, 0.1) is 17.6 Å². The molecule has 0 spiro atoms. The Bertz CT molecular complexity index is 742. The maximum Gasteiger partial charge on any atom is 0.234 e. The first kappa shape index (κ1) is 12.4. The second kappa shape index (κ2) is 5.21. The summed E-state index contributed by atoms with van der Waals surface area (Å²) in [5, 5.41) is 12.1. The zero-order valence-electron chi connectivity index (χ0n) is 11.6. The monoisotopic (exact) mass is 280 g/mol. The number of rotatable bonds is 3. The number of imidazole rings is 1. The molecule has 6 nitrogen and oxygen atoms in total. The van der Waals surface area contributed by atoms with Gasteiger partial charge in [0.2, 0.25) is 5.78 Å². The highest BCUT2D eigenvalue weighted by Crippen LogP contribution is 2.18. The molecule has 106 valence electrons. The van der Waals surface area contributed by atoms with E-state index in [9.17, 15) is 0 Å². The molecule has 3 aromatic heterocycles. The Morgan fingerprint density at radius 2 is 2.24 bits per heavy atom. The third-order valence-electron chi connectivity index (χ3n) is 3.93. The lowest BCUT2D eigenvalue weighted by Gasteiger charge is -2.07. The molecule has 0 aromatic carbocycles. The van der Waals surface area contributed by atoms with Crippen LogP contribution < -0.4 is 5.32 Å². The van der Waals surface area contributed by atoms with Crippen molar-refractivity contribution >= 4 is 5.78 Å². The fourth-order valence-corrected chi connectivity index (χ4v) is 2.81. The van der Waals surface area contributed by atoms with Crippen molar-refractivity contribution in [3.8, 4) is 11.4 Å². The standard InChI is InChI=1S/C15H16N6/c1-5-17-15-18-10-14(21(15)7-1)13-3-2-12(19-20-13)8-11-4-6-16-9-11/h1-3,5,7,10-11,16H,4,6,8-9H2/t11-/m1/s1. The van der Waals surface area contributed by atoms with Crippen molar-refractivity contribution in [2.45, 2.75) is 12.8 Å². The number of hydrogen-bond donors (Lipinski definition) is 1. The molecule has 4 rings (SSSR count). The van der Waals surface area contributed by atoms with Crippen LogP contribution in [-0.4, -0.2) is 37.7 Å². The van der Waals surface area contributed by atoms with Crippen molar-refractivity contribution in [1.82, 2.24) is 29.9 Å². The molecule has 0 radical (unpaired) electrons. The Morgan fingerprint density at radius 3 is 3.05 bits per heavy atom. The Labute approximate surface area is 122 Å². The minimum absolute atomic E-state index is 0.676. The predicted octanol–water partition coefficient (Wildman–Crippen LogP) is 1.34. The fourth-order valence-electron chi connectivity index (χ4n) is 2.81. The van der Waals surface area contributed by atoms with Crippen molar-refractivity contribution in [3.05, 3.63) is 42.5 Å². The van der Waals surface area contributed by atoms with E-state index in [1.807, 2.05) is 22.7 Å². The summed E-state index contributed by atoms with van der Waals surface area (Å²) >= 11 is 0. The van der Waals surface area contributed by atoms with E-state index in [0.717, 1.165) is 36.6 Å². The molecule has 0 bridgehead atoms. The molecule has 0 unspecified atom stereocenters. The van der Waals surface area contributed by atoms with Gasteiger partial charge in [-0.05, 0) is 50.0 Å². The number of hydrogen-bond acceptors (Lipinski definition) is 5. The van der Waals surface area contributed by atoms with E-state index in [1.54, 1.807) is 12.4 Å². The largest absolute Gasteiger partial charge is 0.316 e. The molecular formula is C15H16N6. The summed E-state index contributed by atoms with van der Waals surface area (Å²) in [5.41, 5.74) is 2.79. The third-order valence-corrected chi connectivity index (χ3v) is 3.93. The molecule has 1 atom stereocenters. The van der Waals surface area contributed by atoms with Gasteiger partial charge in [0.1, 0.15) is 5.69 Å². The summed E-state index contributed by atoms with van der Waals surface area (Å²) in [6, 6.07) is 5.96. The highest BCUT2D eigenvalue weighted by Gasteiger charge is 2.16. The maximum atomic E-state index is 4.37. The van der Waals surface area contributed by atoms with E-state index in [4.69, 9.17) is 0 Å². The van der Waals surface area contributed by atoms with Gasteiger partial charge in [-0.3, -0.25) is 4.40 Å². The molecule has 0 aliphatic carbocycles. The van der Waals surface area contributed by atoms with Crippen LogP contribution in [0.4, 0.5) is 0 Å². The van der Waals surface area contributed by atoms with E-state index in [-0.39, 0.29) is 0 Å². The highest BCUT2D eigenvalue weighted by molar-refractivity contribution is 5.57. The van der Waals surface area contributed by atoms with E-state index in [1.165, 1.54) is 6.42 Å². The van der Waals surface area contributed by atoms with Gasteiger partial charge in [-0.2, -0.15) is 5.10 Å². The van der Waals surface area contributed by atoms with Gasteiger partial charge in [-0.1, -0.05) is 0 Å². The Balaban J connectivity index is 1.61. The summed E-state index contributed by atoms with van der Waals surface area (Å²) in [5.74, 6) is 1.36. The first-order chi connectivity index (χ1) is 10.4. The molecule has 3 aromatic rings. The van der Waals surface area contributed by atoms with E-state index in [2.05, 4.69) is 31.5 Å². The first-order valence-electron chi connectivity index (χ1n) is 7.22. The lowest BCUT2D eigenvalue weighted by molar-refractivity contribution is 0.567. The van der Waals surface area contributed by atoms with Gasteiger partial charge < -0.3 is 5.32 Å². The smallest absolute Gasteiger partial charge is 0.234 e. The van der Waals surface area contributed by atoms with Gasteiger partial charge in [0.25, 0.3) is 0 Å². The maximum absolute atomic E-state index is 4.37. The van der Waals surface area contributed by atoms with Crippen LogP contribution in [0.25, 0.3) is 17.2 Å². The molecular weight excluding hydrogens is 264 g/mol. The van der Waals surface area contributed by atoms with Gasteiger partial charge >= 0.3 is 0 Å². The zero-order chi connectivity index (χ0) is 14.1. The van der Waals surface area contributed by atoms with Crippen LogP contribution in [0, 0.1) is 5.92 Å². The molecule has 6 heteroatoms. The molecule has 1 N–H and O–H groups in total. The molecule has 0 saturated carbocycles. The SMILES string of the molecule is c1cnc2ncc(-c3ccc(C[C@H]4CCNC4)nn3)n2c1. The van der Waals surface area contributed by atoms with Crippen LogP contribution in [0.1, 0.15) is 12.1 Å². The summed E-state index contributed by atoms with van der Waals surface area (Å²) in [6.45, 7) is 2.20. The van der Waals surface area contributed by atoms with Crippen molar-refractivity contribution in [1.29, 1.82) is 0 Å². The van der Waals surface area contributed by atoms with Crippen LogP contribution in [-0.2, 0) is 6.42 Å². The molecule has 1 fully saturated rings. The Kier molecular flexibility index (Phi) is 3.08. The van der Waals surface area contributed by atoms with Crippen molar-refractivity contribution in [2.75, 3.05) is 13.1 Å². The Hall–Kier alpha value is -2.34. The second-order valence-electron chi connectivity index (χ2n) is 5.41. The van der Waals surface area contributed by atoms with Crippen LogP contribution in [0.15, 0.2) is 36.8 Å². The lowest BCUT2D eigenvalue weighted by Crippen LogP contribution is -2.11. The number of nitrogens with one attached hydrogen (secondary N) is 1. The second-order valence-corrected chi connectivity index (χ2v) is 5.41. The van der Waals surface area contributed by atoms with Gasteiger partial charge in [-0.15, -0.1) is 5.10 Å². The fraction of sp³-hybridized carbons (Fsp3) is 0.333. The van der Waals surface area contributed by atoms with Crippen LogP contribution >= 0.6 is 0 Å². The number of fused-ring (bicyclic) bond motifs is 1. The minimum Gasteiger partial charge on any atom is -0.316 e. The molecule has 1 saturated heterocycles. The van der Waals surface area contributed by atoms with Crippen molar-refractivity contribution in [3.63, 3.8) is 0 Å². The van der Waals surface area contributed by atoms with Gasteiger partial charge in [-0.25, -0.2) is 9.97 Å². The normalized spacial score (nSPS) is 18.4. The average Bonchev–Trinajstić information content (AvgIpc) is 3.17. The number of nitrogens with zero attached hydrogens (tertiary/aromatic N) is 5. The zero-order valence-corrected chi connectivity index (χ0v) is 11.6. The molecule has 4 heterocycles. The summed E-state index contributed by atoms with van der Waals surface area (Å²) < 4.78 is 1.92. The van der Waals surface area contributed by atoms with Crippen LogP contribution in [0.5, 0.6) is 0 Å². The van der Waals surface area contributed by atoms with Crippen LogP contribution in [0.3, 0.4) is 0 Å². The van der Waals surface area contributed by atoms with Crippen molar-refractivity contribution in [2.24, 2.45) is 5.92 Å².